The summed E-state index contributed by atoms with van der Waals surface area (Å²) >= 11 is 0. The Morgan fingerprint density at radius 1 is 1.33 bits per heavy atom. The van der Waals surface area contributed by atoms with Crippen molar-refractivity contribution in [1.82, 2.24) is 10.2 Å². The number of hydrogen-bond donors (Lipinski definition) is 2. The first kappa shape index (κ1) is 18.5. The second-order valence-corrected chi connectivity index (χ2v) is 7.42. The van der Waals surface area contributed by atoms with Crippen molar-refractivity contribution in [2.24, 2.45) is 5.41 Å². The van der Waals surface area contributed by atoms with E-state index in [0.29, 0.717) is 32.4 Å². The number of benzene rings is 1. The van der Waals surface area contributed by atoms with E-state index in [1.54, 1.807) is 4.90 Å². The maximum Gasteiger partial charge on any atom is 0.242 e. The zero-order valence-electron chi connectivity index (χ0n) is 14.8. The second-order valence-electron chi connectivity index (χ2n) is 7.42. The molecule has 1 saturated heterocycles. The minimum absolute atomic E-state index is 0.0327. The van der Waals surface area contributed by atoms with E-state index in [1.165, 1.54) is 5.56 Å². The van der Waals surface area contributed by atoms with Crippen LogP contribution >= 0.6 is 0 Å². The van der Waals surface area contributed by atoms with Gasteiger partial charge in [0, 0.05) is 26.1 Å². The first-order valence-electron chi connectivity index (χ1n) is 8.56. The molecule has 24 heavy (non-hydrogen) atoms. The topological polar surface area (TPSA) is 69.6 Å². The summed E-state index contributed by atoms with van der Waals surface area (Å²) in [7, 11) is 0. The molecule has 132 valence electrons. The average molecular weight is 332 g/mol. The van der Waals surface area contributed by atoms with E-state index >= 15 is 0 Å². The Hall–Kier alpha value is -1.88. The minimum atomic E-state index is -0.399. The Morgan fingerprint density at radius 2 is 2.00 bits per heavy atom. The molecule has 5 heteroatoms. The lowest BCUT2D eigenvalue weighted by atomic mass is 9.89. The van der Waals surface area contributed by atoms with Crippen LogP contribution in [0.1, 0.15) is 44.2 Å². The minimum Gasteiger partial charge on any atom is -0.396 e. The molecule has 0 aliphatic carbocycles. The summed E-state index contributed by atoms with van der Waals surface area (Å²) in [5.74, 6) is -0.0654. The predicted octanol–water partition coefficient (Wildman–Crippen LogP) is 2.01. The number of aliphatic hydroxyl groups is 1. The fourth-order valence-electron chi connectivity index (χ4n) is 2.93. The molecule has 0 saturated carbocycles. The van der Waals surface area contributed by atoms with Gasteiger partial charge in [-0.15, -0.1) is 0 Å². The van der Waals surface area contributed by atoms with Crippen LogP contribution in [0, 0.1) is 12.3 Å². The maximum atomic E-state index is 12.5. The number of aliphatic hydroxyl groups excluding tert-OH is 1. The zero-order valence-corrected chi connectivity index (χ0v) is 14.8. The Balaban J connectivity index is 1.98. The van der Waals surface area contributed by atoms with E-state index in [1.807, 2.05) is 45.0 Å². The van der Waals surface area contributed by atoms with Gasteiger partial charge in [0.05, 0.1) is 0 Å². The molecule has 2 amide bonds. The van der Waals surface area contributed by atoms with Gasteiger partial charge < -0.3 is 15.3 Å². The number of nitrogens with one attached hydrogen (secondary N) is 1. The Bertz CT molecular complexity index is 581. The summed E-state index contributed by atoms with van der Waals surface area (Å²) in [5, 5.41) is 12.0. The van der Waals surface area contributed by atoms with E-state index in [-0.39, 0.29) is 23.8 Å². The molecule has 0 radical (unpaired) electrons. The van der Waals surface area contributed by atoms with E-state index < -0.39 is 6.04 Å². The number of aryl methyl sites for hydroxylation is 1. The van der Waals surface area contributed by atoms with Gasteiger partial charge in [-0.2, -0.15) is 0 Å². The molecule has 1 heterocycles. The van der Waals surface area contributed by atoms with Crippen molar-refractivity contribution in [3.63, 3.8) is 0 Å². The van der Waals surface area contributed by atoms with Crippen molar-refractivity contribution in [1.29, 1.82) is 0 Å². The molecule has 0 aromatic heterocycles. The van der Waals surface area contributed by atoms with Gasteiger partial charge in [0.2, 0.25) is 11.8 Å². The highest BCUT2D eigenvalue weighted by atomic mass is 16.3. The van der Waals surface area contributed by atoms with Crippen LogP contribution in [0.3, 0.4) is 0 Å². The van der Waals surface area contributed by atoms with Crippen LogP contribution in [0.25, 0.3) is 0 Å². The van der Waals surface area contributed by atoms with Gasteiger partial charge in [-0.3, -0.25) is 9.59 Å². The van der Waals surface area contributed by atoms with Crippen LogP contribution in [0.4, 0.5) is 0 Å². The molecule has 1 aliphatic heterocycles. The van der Waals surface area contributed by atoms with E-state index in [2.05, 4.69) is 5.32 Å². The van der Waals surface area contributed by atoms with Crippen LogP contribution in [0.15, 0.2) is 24.3 Å². The third kappa shape index (κ3) is 4.81. The summed E-state index contributed by atoms with van der Waals surface area (Å²) in [6, 6.07) is 7.63. The highest BCUT2D eigenvalue weighted by molar-refractivity contribution is 5.90. The van der Waals surface area contributed by atoms with Crippen LogP contribution in [0.2, 0.25) is 0 Å². The summed E-state index contributed by atoms with van der Waals surface area (Å²) < 4.78 is 0. The summed E-state index contributed by atoms with van der Waals surface area (Å²) in [5.41, 5.74) is 2.05. The second kappa shape index (κ2) is 7.79. The van der Waals surface area contributed by atoms with Crippen molar-refractivity contribution >= 4 is 11.8 Å². The van der Waals surface area contributed by atoms with Gasteiger partial charge in [0.1, 0.15) is 6.04 Å². The summed E-state index contributed by atoms with van der Waals surface area (Å²) in [6.45, 7) is 7.10. The molecular formula is C19H28N2O3. The Labute approximate surface area is 144 Å². The van der Waals surface area contributed by atoms with Crippen LogP contribution in [0.5, 0.6) is 0 Å². The van der Waals surface area contributed by atoms with Gasteiger partial charge in [-0.25, -0.2) is 0 Å². The summed E-state index contributed by atoms with van der Waals surface area (Å²) in [6.07, 6.45) is 1.62. The highest BCUT2D eigenvalue weighted by Gasteiger charge is 2.36. The number of likely N-dealkylation sites (tertiary alicyclic amines) is 1. The van der Waals surface area contributed by atoms with Gasteiger partial charge in [0.15, 0.2) is 0 Å². The number of amides is 2. The number of rotatable bonds is 7. The molecule has 0 spiro atoms. The molecule has 0 bridgehead atoms. The lowest BCUT2D eigenvalue weighted by Crippen LogP contribution is -2.46. The lowest BCUT2D eigenvalue weighted by molar-refractivity contribution is -0.136. The molecule has 1 aliphatic rings. The maximum absolute atomic E-state index is 12.5. The number of carbonyl (C=O) groups excluding carboxylic acids is 2. The van der Waals surface area contributed by atoms with Crippen molar-refractivity contribution < 1.29 is 14.7 Å². The van der Waals surface area contributed by atoms with Crippen LogP contribution < -0.4 is 5.32 Å². The monoisotopic (exact) mass is 332 g/mol. The van der Waals surface area contributed by atoms with Gasteiger partial charge >= 0.3 is 0 Å². The molecule has 2 N–H and O–H groups in total. The number of nitrogens with zero attached hydrogens (tertiary/aromatic N) is 1. The quantitative estimate of drug-likeness (QED) is 0.802. The van der Waals surface area contributed by atoms with Crippen molar-refractivity contribution in [2.45, 2.75) is 52.6 Å². The van der Waals surface area contributed by atoms with E-state index in [0.717, 1.165) is 5.56 Å². The van der Waals surface area contributed by atoms with Crippen molar-refractivity contribution in [3.05, 3.63) is 35.4 Å². The smallest absolute Gasteiger partial charge is 0.242 e. The molecule has 1 aromatic carbocycles. The van der Waals surface area contributed by atoms with E-state index in [9.17, 15) is 9.59 Å². The van der Waals surface area contributed by atoms with Gasteiger partial charge in [0.25, 0.3) is 0 Å². The fraction of sp³-hybridized carbons (Fsp3) is 0.579. The number of hydrogen-bond acceptors (Lipinski definition) is 3. The molecule has 1 atom stereocenters. The molecular weight excluding hydrogens is 304 g/mol. The lowest BCUT2D eigenvalue weighted by Gasteiger charge is -2.28. The van der Waals surface area contributed by atoms with Crippen LogP contribution in [-0.4, -0.2) is 41.0 Å². The van der Waals surface area contributed by atoms with Crippen LogP contribution in [-0.2, 0) is 16.1 Å². The molecule has 1 aromatic rings. The zero-order chi connectivity index (χ0) is 17.7. The predicted molar refractivity (Wildman–Crippen MR) is 93.2 cm³/mol. The molecule has 1 fully saturated rings. The Morgan fingerprint density at radius 3 is 2.62 bits per heavy atom. The van der Waals surface area contributed by atoms with Gasteiger partial charge in [-0.05, 0) is 30.7 Å². The average Bonchev–Trinajstić information content (AvgIpc) is 2.88. The first-order valence-corrected chi connectivity index (χ1v) is 8.56. The normalized spacial score (nSPS) is 18.1. The standard InChI is InChI=1S/C19H28N2O3/c1-14-4-6-15(7-5-14)12-21-16(8-9-17(21)23)18(24)20-13-19(2,3)10-11-22/h4-7,16,22H,8-13H2,1-3H3,(H,20,24). The first-order chi connectivity index (χ1) is 11.3. The molecule has 2 rings (SSSR count). The summed E-state index contributed by atoms with van der Waals surface area (Å²) in [4.78, 5) is 26.4. The van der Waals surface area contributed by atoms with E-state index in [4.69, 9.17) is 5.11 Å². The van der Waals surface area contributed by atoms with Crippen molar-refractivity contribution in [3.8, 4) is 0 Å². The number of carbonyl (C=O) groups is 2. The highest BCUT2D eigenvalue weighted by Crippen LogP contribution is 2.23. The van der Waals surface area contributed by atoms with Crippen molar-refractivity contribution in [2.75, 3.05) is 13.2 Å². The Kier molecular flexibility index (Phi) is 5.99. The SMILES string of the molecule is Cc1ccc(CN2C(=O)CCC2C(=O)NCC(C)(C)CCO)cc1. The fourth-order valence-corrected chi connectivity index (χ4v) is 2.93. The third-order valence-corrected chi connectivity index (χ3v) is 4.63. The largest absolute Gasteiger partial charge is 0.396 e. The third-order valence-electron chi connectivity index (χ3n) is 4.63. The molecule has 5 nitrogen and oxygen atoms in total. The molecule has 1 unspecified atom stereocenters. The van der Waals surface area contributed by atoms with Gasteiger partial charge in [-0.1, -0.05) is 43.7 Å².